The summed E-state index contributed by atoms with van der Waals surface area (Å²) in [5.41, 5.74) is 3.36. The fourth-order valence-corrected chi connectivity index (χ4v) is 2.76. The average molecular weight is 371 g/mol. The van der Waals surface area contributed by atoms with Gasteiger partial charge in [0, 0.05) is 10.1 Å². The molecule has 0 radical (unpaired) electrons. The normalized spacial score (nSPS) is 12.5. The Labute approximate surface area is 151 Å². The summed E-state index contributed by atoms with van der Waals surface area (Å²) in [5, 5.41) is 0. The lowest BCUT2D eigenvalue weighted by Crippen LogP contribution is -1.97. The first-order valence-corrected chi connectivity index (χ1v) is 9.09. The van der Waals surface area contributed by atoms with Crippen LogP contribution in [0.25, 0.3) is 11.1 Å². The molecule has 0 amide bonds. The fourth-order valence-electron chi connectivity index (χ4n) is 2.48. The second kappa shape index (κ2) is 8.68. The van der Waals surface area contributed by atoms with Crippen LogP contribution >= 0.6 is 8.25 Å². The molecule has 26 heavy (non-hydrogen) atoms. The van der Waals surface area contributed by atoms with Gasteiger partial charge in [-0.3, -0.25) is 0 Å². The van der Waals surface area contributed by atoms with E-state index in [9.17, 15) is 8.96 Å². The van der Waals surface area contributed by atoms with E-state index >= 15 is 0 Å². The number of benzene rings is 3. The molecule has 0 saturated heterocycles. The molecule has 0 heterocycles. The van der Waals surface area contributed by atoms with Crippen LogP contribution in [0.2, 0.25) is 0 Å². The molecule has 132 valence electrons. The molecule has 2 atom stereocenters. The van der Waals surface area contributed by atoms with E-state index in [0.717, 1.165) is 16.7 Å². The molecule has 1 N–H and O–H groups in total. The Morgan fingerprint density at radius 2 is 1.62 bits per heavy atom. The van der Waals surface area contributed by atoms with Crippen LogP contribution in [0.1, 0.15) is 17.5 Å². The van der Waals surface area contributed by atoms with Gasteiger partial charge in [-0.15, -0.1) is 4.89 Å². The van der Waals surface area contributed by atoms with Crippen molar-refractivity contribution in [2.75, 3.05) is 0 Å². The van der Waals surface area contributed by atoms with Crippen LogP contribution in [0.3, 0.4) is 0 Å². The van der Waals surface area contributed by atoms with Gasteiger partial charge in [0.25, 0.3) is 6.36 Å². The van der Waals surface area contributed by atoms with E-state index in [1.165, 1.54) is 12.1 Å². The SMILES string of the molecule is O=[P+](O)OC(F)c1cccc(OCc2ccc(-c3ccccc3)cc2)c1. The van der Waals surface area contributed by atoms with Crippen molar-refractivity contribution in [1.29, 1.82) is 0 Å². The van der Waals surface area contributed by atoms with Crippen molar-refractivity contribution >= 4 is 8.25 Å². The van der Waals surface area contributed by atoms with Gasteiger partial charge in [0.15, 0.2) is 0 Å². The molecule has 0 saturated carbocycles. The standard InChI is InChI=1S/C20H16FO4P/c21-20(25-26(22)23)18-7-4-8-19(13-18)24-14-15-9-11-17(12-10-15)16-5-2-1-3-6-16/h1-13,20H,14H2/p+1. The first-order valence-electron chi connectivity index (χ1n) is 7.96. The van der Waals surface area contributed by atoms with Crippen LogP contribution in [-0.4, -0.2) is 4.89 Å². The van der Waals surface area contributed by atoms with E-state index < -0.39 is 14.6 Å². The Kier molecular flexibility index (Phi) is 6.08. The van der Waals surface area contributed by atoms with Crippen LogP contribution in [0.5, 0.6) is 5.75 Å². The molecule has 3 rings (SSSR count). The molecular weight excluding hydrogens is 354 g/mol. The third kappa shape index (κ3) is 4.96. The van der Waals surface area contributed by atoms with Gasteiger partial charge >= 0.3 is 8.25 Å². The van der Waals surface area contributed by atoms with Crippen molar-refractivity contribution in [3.63, 3.8) is 0 Å². The second-order valence-electron chi connectivity index (χ2n) is 5.58. The van der Waals surface area contributed by atoms with Crippen LogP contribution in [0.15, 0.2) is 78.9 Å². The Morgan fingerprint density at radius 3 is 2.31 bits per heavy atom. The van der Waals surface area contributed by atoms with Crippen LogP contribution in [0, 0.1) is 0 Å². The first-order chi connectivity index (χ1) is 12.6. The maximum absolute atomic E-state index is 13.7. The highest BCUT2D eigenvalue weighted by Gasteiger charge is 2.24. The lowest BCUT2D eigenvalue weighted by Gasteiger charge is -2.09. The van der Waals surface area contributed by atoms with E-state index in [4.69, 9.17) is 9.63 Å². The van der Waals surface area contributed by atoms with E-state index in [1.807, 2.05) is 54.6 Å². The molecular formula is C20H17FO4P+. The number of rotatable bonds is 7. The van der Waals surface area contributed by atoms with Crippen molar-refractivity contribution < 1.29 is 23.1 Å². The van der Waals surface area contributed by atoms with Gasteiger partial charge < -0.3 is 4.74 Å². The van der Waals surface area contributed by atoms with Crippen molar-refractivity contribution in [3.05, 3.63) is 90.0 Å². The third-order valence-electron chi connectivity index (χ3n) is 3.77. The minimum Gasteiger partial charge on any atom is -0.489 e. The molecule has 0 bridgehead atoms. The smallest absolute Gasteiger partial charge is 0.489 e. The number of hydrogen-bond donors (Lipinski definition) is 1. The predicted octanol–water partition coefficient (Wildman–Crippen LogP) is 5.57. The summed E-state index contributed by atoms with van der Waals surface area (Å²) in [7, 11) is -3.01. The van der Waals surface area contributed by atoms with Gasteiger partial charge in [0.05, 0.1) is 0 Å². The maximum Gasteiger partial charge on any atom is 0.698 e. The number of alkyl halides is 1. The summed E-state index contributed by atoms with van der Waals surface area (Å²) in [4.78, 5) is 8.63. The van der Waals surface area contributed by atoms with Gasteiger partial charge in [-0.1, -0.05) is 71.3 Å². The van der Waals surface area contributed by atoms with Gasteiger partial charge in [-0.25, -0.2) is 4.39 Å². The summed E-state index contributed by atoms with van der Waals surface area (Å²) >= 11 is 0. The molecule has 3 aromatic carbocycles. The van der Waals surface area contributed by atoms with Gasteiger partial charge in [-0.2, -0.15) is 0 Å². The van der Waals surface area contributed by atoms with E-state index in [-0.39, 0.29) is 5.56 Å². The molecule has 0 aromatic heterocycles. The minimum absolute atomic E-state index is 0.124. The largest absolute Gasteiger partial charge is 0.698 e. The van der Waals surface area contributed by atoms with Crippen LogP contribution in [-0.2, 0) is 15.7 Å². The summed E-state index contributed by atoms with van der Waals surface area (Å²) in [6.07, 6.45) is -1.97. The van der Waals surface area contributed by atoms with Gasteiger partial charge in [0.1, 0.15) is 12.4 Å². The molecule has 6 heteroatoms. The first kappa shape index (κ1) is 18.2. The lowest BCUT2D eigenvalue weighted by atomic mass is 10.0. The van der Waals surface area contributed by atoms with Gasteiger partial charge in [-0.05, 0) is 28.8 Å². The number of halogens is 1. The van der Waals surface area contributed by atoms with Crippen LogP contribution < -0.4 is 4.74 Å². The highest BCUT2D eigenvalue weighted by Crippen LogP contribution is 2.31. The van der Waals surface area contributed by atoms with Crippen molar-refractivity contribution in [2.45, 2.75) is 13.0 Å². The summed E-state index contributed by atoms with van der Waals surface area (Å²) < 4.78 is 34.2. The molecule has 2 unspecified atom stereocenters. The number of hydrogen-bond acceptors (Lipinski definition) is 3. The predicted molar refractivity (Wildman–Crippen MR) is 97.4 cm³/mol. The molecule has 0 aliphatic rings. The maximum atomic E-state index is 13.7. The average Bonchev–Trinajstić information content (AvgIpc) is 2.67. The summed E-state index contributed by atoms with van der Waals surface area (Å²) in [6.45, 7) is 0.324. The molecule has 0 spiro atoms. The lowest BCUT2D eigenvalue weighted by molar-refractivity contribution is 0.0633. The molecule has 0 aliphatic carbocycles. The highest BCUT2D eigenvalue weighted by atomic mass is 31.1. The van der Waals surface area contributed by atoms with E-state index in [1.54, 1.807) is 12.1 Å². The Morgan fingerprint density at radius 1 is 0.923 bits per heavy atom. The zero-order valence-corrected chi connectivity index (χ0v) is 14.7. The zero-order chi connectivity index (χ0) is 18.4. The van der Waals surface area contributed by atoms with Crippen LogP contribution in [0.4, 0.5) is 4.39 Å². The monoisotopic (exact) mass is 371 g/mol. The molecule has 0 aliphatic heterocycles. The Hall–Kier alpha value is -2.59. The topological polar surface area (TPSA) is 55.8 Å². The Bertz CT molecular complexity index is 868. The zero-order valence-electron chi connectivity index (χ0n) is 13.8. The molecule has 3 aromatic rings. The number of ether oxygens (including phenoxy) is 1. The van der Waals surface area contributed by atoms with Gasteiger partial charge in [0.2, 0.25) is 0 Å². The molecule has 0 fully saturated rings. The second-order valence-corrected chi connectivity index (χ2v) is 6.27. The quantitative estimate of drug-likeness (QED) is 0.552. The minimum atomic E-state index is -3.01. The summed E-state index contributed by atoms with van der Waals surface area (Å²) in [5.74, 6) is 0.453. The van der Waals surface area contributed by atoms with Crippen molar-refractivity contribution in [3.8, 4) is 16.9 Å². The molecule has 4 nitrogen and oxygen atoms in total. The van der Waals surface area contributed by atoms with E-state index in [2.05, 4.69) is 4.52 Å². The van der Waals surface area contributed by atoms with E-state index in [0.29, 0.717) is 12.4 Å². The Balaban J connectivity index is 1.63. The third-order valence-corrected chi connectivity index (χ3v) is 4.13. The van der Waals surface area contributed by atoms with Crippen molar-refractivity contribution in [1.82, 2.24) is 0 Å². The highest BCUT2D eigenvalue weighted by molar-refractivity contribution is 7.32. The fraction of sp³-hybridized carbons (Fsp3) is 0.100. The summed E-state index contributed by atoms with van der Waals surface area (Å²) in [6, 6.07) is 24.3. The van der Waals surface area contributed by atoms with Crippen molar-refractivity contribution in [2.24, 2.45) is 0 Å².